The van der Waals surface area contributed by atoms with Crippen LogP contribution >= 0.6 is 0 Å². The molecule has 0 bridgehead atoms. The maximum Gasteiger partial charge on any atom is 0.255 e. The summed E-state index contributed by atoms with van der Waals surface area (Å²) in [4.78, 5) is 22.1. The van der Waals surface area contributed by atoms with Gasteiger partial charge in [0.15, 0.2) is 6.61 Å². The molecule has 0 saturated heterocycles. The molecule has 6 nitrogen and oxygen atoms in total. The Morgan fingerprint density at radius 3 is 2.25 bits per heavy atom. The van der Waals surface area contributed by atoms with Gasteiger partial charge in [-0.15, -0.1) is 0 Å². The number of primary amides is 2. The first-order valence-corrected chi connectivity index (χ1v) is 6.44. The SMILES string of the molecule is CC(C)CNC(C(N)=O)c1ccc(OCC(N)=O)cc1. The third kappa shape index (κ3) is 5.27. The Labute approximate surface area is 118 Å². The summed E-state index contributed by atoms with van der Waals surface area (Å²) in [6, 6.07) is 6.27. The van der Waals surface area contributed by atoms with Gasteiger partial charge in [-0.2, -0.15) is 0 Å². The topological polar surface area (TPSA) is 107 Å². The first-order valence-electron chi connectivity index (χ1n) is 6.44. The molecule has 2 amide bonds. The monoisotopic (exact) mass is 279 g/mol. The largest absolute Gasteiger partial charge is 0.484 e. The number of ether oxygens (including phenoxy) is 1. The Balaban J connectivity index is 2.72. The van der Waals surface area contributed by atoms with E-state index in [0.717, 1.165) is 5.56 Å². The van der Waals surface area contributed by atoms with Gasteiger partial charge in [0.1, 0.15) is 11.8 Å². The van der Waals surface area contributed by atoms with Crippen LogP contribution in [0.1, 0.15) is 25.5 Å². The molecule has 1 rings (SSSR count). The van der Waals surface area contributed by atoms with Crippen molar-refractivity contribution in [3.05, 3.63) is 29.8 Å². The zero-order valence-electron chi connectivity index (χ0n) is 11.8. The van der Waals surface area contributed by atoms with E-state index in [4.69, 9.17) is 16.2 Å². The second-order valence-electron chi connectivity index (χ2n) is 4.96. The Kier molecular flexibility index (Phi) is 5.99. The minimum atomic E-state index is -0.539. The lowest BCUT2D eigenvalue weighted by Crippen LogP contribution is -2.35. The predicted octanol–water partition coefficient (Wildman–Crippen LogP) is 0.323. The van der Waals surface area contributed by atoms with E-state index < -0.39 is 17.9 Å². The van der Waals surface area contributed by atoms with Crippen molar-refractivity contribution in [2.45, 2.75) is 19.9 Å². The summed E-state index contributed by atoms with van der Waals surface area (Å²) in [6.45, 7) is 4.61. The van der Waals surface area contributed by atoms with Crippen LogP contribution in [0, 0.1) is 5.92 Å². The van der Waals surface area contributed by atoms with E-state index in [1.165, 1.54) is 0 Å². The fourth-order valence-corrected chi connectivity index (χ4v) is 1.65. The third-order valence-electron chi connectivity index (χ3n) is 2.61. The number of hydrogen-bond donors (Lipinski definition) is 3. The lowest BCUT2D eigenvalue weighted by Gasteiger charge is -2.17. The Bertz CT molecular complexity index is 457. The van der Waals surface area contributed by atoms with E-state index in [-0.39, 0.29) is 6.61 Å². The van der Waals surface area contributed by atoms with Crippen molar-refractivity contribution in [3.8, 4) is 5.75 Å². The number of benzene rings is 1. The van der Waals surface area contributed by atoms with Gasteiger partial charge in [-0.05, 0) is 30.2 Å². The molecule has 0 saturated carbocycles. The van der Waals surface area contributed by atoms with Gasteiger partial charge in [0.2, 0.25) is 5.91 Å². The van der Waals surface area contributed by atoms with Gasteiger partial charge in [0.05, 0.1) is 0 Å². The zero-order chi connectivity index (χ0) is 15.1. The van der Waals surface area contributed by atoms with E-state index in [1.54, 1.807) is 24.3 Å². The Morgan fingerprint density at radius 1 is 1.20 bits per heavy atom. The number of nitrogens with two attached hydrogens (primary N) is 2. The molecule has 20 heavy (non-hydrogen) atoms. The van der Waals surface area contributed by atoms with Gasteiger partial charge in [-0.3, -0.25) is 9.59 Å². The lowest BCUT2D eigenvalue weighted by atomic mass is 10.1. The highest BCUT2D eigenvalue weighted by atomic mass is 16.5. The van der Waals surface area contributed by atoms with Crippen molar-refractivity contribution in [2.24, 2.45) is 17.4 Å². The number of nitrogens with one attached hydrogen (secondary N) is 1. The fraction of sp³-hybridized carbons (Fsp3) is 0.429. The smallest absolute Gasteiger partial charge is 0.255 e. The molecule has 110 valence electrons. The number of amides is 2. The first-order chi connectivity index (χ1) is 9.40. The molecule has 1 aromatic carbocycles. The minimum Gasteiger partial charge on any atom is -0.484 e. The molecule has 0 aromatic heterocycles. The normalized spacial score (nSPS) is 12.2. The van der Waals surface area contributed by atoms with Crippen LogP contribution in [0.5, 0.6) is 5.75 Å². The molecule has 0 radical (unpaired) electrons. The Hall–Kier alpha value is -2.08. The molecular weight excluding hydrogens is 258 g/mol. The molecule has 1 unspecified atom stereocenters. The molecular formula is C14H21N3O3. The van der Waals surface area contributed by atoms with Gasteiger partial charge < -0.3 is 21.5 Å². The maximum atomic E-state index is 11.5. The number of carbonyl (C=O) groups is 2. The molecule has 0 heterocycles. The summed E-state index contributed by atoms with van der Waals surface area (Å²) >= 11 is 0. The fourth-order valence-electron chi connectivity index (χ4n) is 1.65. The molecule has 5 N–H and O–H groups in total. The van der Waals surface area contributed by atoms with Crippen molar-refractivity contribution in [3.63, 3.8) is 0 Å². The lowest BCUT2D eigenvalue weighted by molar-refractivity contribution is -0.120. The third-order valence-corrected chi connectivity index (χ3v) is 2.61. The molecule has 0 aliphatic heterocycles. The standard InChI is InChI=1S/C14H21N3O3/c1-9(2)7-17-13(14(16)19)10-3-5-11(6-4-10)20-8-12(15)18/h3-6,9,13,17H,7-8H2,1-2H3,(H2,15,18)(H2,16,19). The minimum absolute atomic E-state index is 0.176. The predicted molar refractivity (Wildman–Crippen MR) is 75.9 cm³/mol. The number of hydrogen-bond acceptors (Lipinski definition) is 4. The van der Waals surface area contributed by atoms with Gasteiger partial charge in [-0.1, -0.05) is 26.0 Å². The number of carbonyl (C=O) groups excluding carboxylic acids is 2. The van der Waals surface area contributed by atoms with Crippen LogP contribution in [-0.2, 0) is 9.59 Å². The molecule has 0 aliphatic rings. The van der Waals surface area contributed by atoms with Crippen molar-refractivity contribution >= 4 is 11.8 Å². The second-order valence-corrected chi connectivity index (χ2v) is 4.96. The Morgan fingerprint density at radius 2 is 1.80 bits per heavy atom. The first kappa shape index (κ1) is 16.0. The summed E-state index contributed by atoms with van der Waals surface area (Å²) < 4.78 is 5.15. The molecule has 0 spiro atoms. The van der Waals surface area contributed by atoms with Crippen LogP contribution < -0.4 is 21.5 Å². The van der Waals surface area contributed by atoms with Crippen LogP contribution in [0.25, 0.3) is 0 Å². The van der Waals surface area contributed by atoms with E-state index >= 15 is 0 Å². The summed E-state index contributed by atoms with van der Waals surface area (Å²) in [7, 11) is 0. The van der Waals surface area contributed by atoms with E-state index in [2.05, 4.69) is 5.32 Å². The summed E-state index contributed by atoms with van der Waals surface area (Å²) in [6.07, 6.45) is 0. The molecule has 6 heteroatoms. The molecule has 1 atom stereocenters. The highest BCUT2D eigenvalue weighted by Crippen LogP contribution is 2.18. The summed E-state index contributed by atoms with van der Waals surface area (Å²) in [5.41, 5.74) is 11.1. The van der Waals surface area contributed by atoms with Gasteiger partial charge >= 0.3 is 0 Å². The highest BCUT2D eigenvalue weighted by Gasteiger charge is 2.17. The van der Waals surface area contributed by atoms with E-state index in [0.29, 0.717) is 18.2 Å². The van der Waals surface area contributed by atoms with Crippen molar-refractivity contribution in [1.29, 1.82) is 0 Å². The maximum absolute atomic E-state index is 11.5. The zero-order valence-corrected chi connectivity index (χ0v) is 11.8. The van der Waals surface area contributed by atoms with Crippen molar-refractivity contribution in [1.82, 2.24) is 5.32 Å². The van der Waals surface area contributed by atoms with E-state index in [1.807, 2.05) is 13.8 Å². The highest BCUT2D eigenvalue weighted by molar-refractivity contribution is 5.81. The second kappa shape index (κ2) is 7.49. The summed E-state index contributed by atoms with van der Waals surface area (Å²) in [5.74, 6) is -0.0474. The molecule has 1 aromatic rings. The van der Waals surface area contributed by atoms with Crippen LogP contribution in [0.2, 0.25) is 0 Å². The van der Waals surface area contributed by atoms with Crippen LogP contribution in [-0.4, -0.2) is 25.0 Å². The van der Waals surface area contributed by atoms with Gasteiger partial charge in [-0.25, -0.2) is 0 Å². The van der Waals surface area contributed by atoms with Crippen molar-refractivity contribution in [2.75, 3.05) is 13.2 Å². The average Bonchev–Trinajstić information content (AvgIpc) is 2.37. The average molecular weight is 279 g/mol. The number of rotatable bonds is 8. The van der Waals surface area contributed by atoms with E-state index in [9.17, 15) is 9.59 Å². The van der Waals surface area contributed by atoms with Gasteiger partial charge in [0, 0.05) is 0 Å². The van der Waals surface area contributed by atoms with Crippen molar-refractivity contribution < 1.29 is 14.3 Å². The molecule has 0 aliphatic carbocycles. The molecule has 0 fully saturated rings. The van der Waals surface area contributed by atoms with Crippen LogP contribution in [0.3, 0.4) is 0 Å². The summed E-state index contributed by atoms with van der Waals surface area (Å²) in [5, 5.41) is 3.12. The quantitative estimate of drug-likeness (QED) is 0.637. The van der Waals surface area contributed by atoms with Crippen LogP contribution in [0.15, 0.2) is 24.3 Å². The van der Waals surface area contributed by atoms with Crippen LogP contribution in [0.4, 0.5) is 0 Å². The van der Waals surface area contributed by atoms with Gasteiger partial charge in [0.25, 0.3) is 5.91 Å².